The Morgan fingerprint density at radius 1 is 0.889 bits per heavy atom. The predicted octanol–water partition coefficient (Wildman–Crippen LogP) is -0.0884. The second-order valence-electron chi connectivity index (χ2n) is 2.54. The molecule has 8 heteroatoms. The number of hydrogen-bond donors (Lipinski definition) is 0. The van der Waals surface area contributed by atoms with E-state index < -0.39 is 22.5 Å². The smallest absolute Gasteiger partial charge is 0.347 e. The van der Waals surface area contributed by atoms with Crippen LogP contribution in [0.25, 0.3) is 0 Å². The molecule has 0 fully saturated rings. The van der Waals surface area contributed by atoms with E-state index in [0.29, 0.717) is 0 Å². The van der Waals surface area contributed by atoms with Gasteiger partial charge in [-0.2, -0.15) is 26.3 Å². The molecule has 0 spiro atoms. The summed E-state index contributed by atoms with van der Waals surface area (Å²) in [5, 5.41) is 51.7. The molecule has 0 saturated heterocycles. The van der Waals surface area contributed by atoms with Gasteiger partial charge in [0.05, 0.1) is 0 Å². The van der Waals surface area contributed by atoms with Gasteiger partial charge in [0.2, 0.25) is 0 Å². The van der Waals surface area contributed by atoms with Crippen molar-refractivity contribution in [3.05, 3.63) is 11.1 Å². The molecule has 0 aromatic carbocycles. The van der Waals surface area contributed by atoms with Crippen LogP contribution >= 0.6 is 0 Å². The maximum absolute atomic E-state index is 11.4. The van der Waals surface area contributed by atoms with Crippen molar-refractivity contribution in [2.75, 3.05) is 0 Å². The van der Waals surface area contributed by atoms with Crippen molar-refractivity contribution >= 4 is 5.97 Å². The van der Waals surface area contributed by atoms with Crippen molar-refractivity contribution < 1.29 is 9.53 Å². The Morgan fingerprint density at radius 2 is 1.33 bits per heavy atom. The van der Waals surface area contributed by atoms with Crippen LogP contribution in [0.15, 0.2) is 11.1 Å². The lowest BCUT2D eigenvalue weighted by Gasteiger charge is -2.10. The molecular weight excluding hydrogens is 236 g/mol. The second kappa shape index (κ2) is 5.89. The number of hydrogen-bond acceptors (Lipinski definition) is 8. The third-order valence-electron chi connectivity index (χ3n) is 1.69. The van der Waals surface area contributed by atoms with Gasteiger partial charge < -0.3 is 4.74 Å². The highest BCUT2D eigenvalue weighted by Crippen LogP contribution is 2.29. The van der Waals surface area contributed by atoms with Crippen LogP contribution in [0.2, 0.25) is 0 Å². The highest BCUT2D eigenvalue weighted by Gasteiger charge is 2.43. The number of carbonyl (C=O) groups is 1. The summed E-state index contributed by atoms with van der Waals surface area (Å²) in [4.78, 5) is 11.4. The number of carbonyl (C=O) groups excluding carboxylic acids is 1. The van der Waals surface area contributed by atoms with Crippen LogP contribution in [-0.4, -0.2) is 5.97 Å². The maximum atomic E-state index is 11.4. The van der Waals surface area contributed by atoms with Crippen LogP contribution in [0.1, 0.15) is 0 Å². The molecule has 0 amide bonds. The van der Waals surface area contributed by atoms with Crippen molar-refractivity contribution in [1.29, 1.82) is 31.6 Å². The quantitative estimate of drug-likeness (QED) is 0.277. The van der Waals surface area contributed by atoms with E-state index in [1.165, 1.54) is 30.3 Å². The zero-order valence-corrected chi connectivity index (χ0v) is 8.50. The minimum absolute atomic E-state index is 0.945. The standard InChI is InChI=1S/C10N6O2/c11-1-7(2-12)8(9(17)18-6-16)10(3-13,4-14)5-15. The molecule has 0 bridgehead atoms. The van der Waals surface area contributed by atoms with E-state index in [4.69, 9.17) is 31.6 Å². The number of ether oxygens (including phenoxy) is 1. The van der Waals surface area contributed by atoms with Gasteiger partial charge in [0.1, 0.15) is 41.5 Å². The molecule has 0 aliphatic rings. The summed E-state index contributed by atoms with van der Waals surface area (Å²) >= 11 is 0. The van der Waals surface area contributed by atoms with Crippen LogP contribution in [0.3, 0.4) is 0 Å². The van der Waals surface area contributed by atoms with Crippen molar-refractivity contribution in [2.45, 2.75) is 0 Å². The van der Waals surface area contributed by atoms with Gasteiger partial charge in [-0.25, -0.2) is 4.79 Å². The molecular formula is C10N6O2. The minimum atomic E-state index is -2.69. The fraction of sp³-hybridized carbons (Fsp3) is 0.100. The van der Waals surface area contributed by atoms with E-state index in [1.54, 1.807) is 0 Å². The SMILES string of the molecule is N#COC(=O)C(=C(C#N)C#N)C(C#N)(C#N)C#N. The second-order valence-corrected chi connectivity index (χ2v) is 2.54. The molecule has 0 unspecified atom stereocenters. The van der Waals surface area contributed by atoms with Crippen LogP contribution in [0.5, 0.6) is 0 Å². The predicted molar refractivity (Wildman–Crippen MR) is 49.2 cm³/mol. The van der Waals surface area contributed by atoms with Gasteiger partial charge in [-0.1, -0.05) is 0 Å². The Hall–Kier alpha value is -3.85. The van der Waals surface area contributed by atoms with Gasteiger partial charge in [0, 0.05) is 0 Å². The molecule has 0 heterocycles. The van der Waals surface area contributed by atoms with E-state index in [2.05, 4.69) is 4.74 Å². The summed E-state index contributed by atoms with van der Waals surface area (Å²) in [6.45, 7) is 0. The van der Waals surface area contributed by atoms with Crippen LogP contribution in [-0.2, 0) is 9.53 Å². The summed E-state index contributed by atoms with van der Waals surface area (Å²) in [6.07, 6.45) is 0.965. The fourth-order valence-electron chi connectivity index (χ4n) is 0.915. The van der Waals surface area contributed by atoms with E-state index in [1.807, 2.05) is 0 Å². The first-order valence-electron chi connectivity index (χ1n) is 3.95. The lowest BCUT2D eigenvalue weighted by atomic mass is 9.82. The first-order valence-corrected chi connectivity index (χ1v) is 3.95. The largest absolute Gasteiger partial charge is 0.355 e. The van der Waals surface area contributed by atoms with Crippen LogP contribution in [0.4, 0.5) is 0 Å². The highest BCUT2D eigenvalue weighted by molar-refractivity contribution is 5.95. The summed E-state index contributed by atoms with van der Waals surface area (Å²) < 4.78 is 3.85. The third-order valence-corrected chi connectivity index (χ3v) is 1.69. The zero-order valence-electron chi connectivity index (χ0n) is 8.50. The molecule has 18 heavy (non-hydrogen) atoms. The molecule has 0 aromatic heterocycles. The third kappa shape index (κ3) is 2.21. The Bertz CT molecular complexity index is 610. The summed E-state index contributed by atoms with van der Waals surface area (Å²) in [7, 11) is 0. The molecule has 0 rings (SSSR count). The number of esters is 1. The Balaban J connectivity index is 6.40. The molecule has 0 aromatic rings. The maximum Gasteiger partial charge on any atom is 0.355 e. The summed E-state index contributed by atoms with van der Waals surface area (Å²) in [5.74, 6) is -1.57. The van der Waals surface area contributed by atoms with Gasteiger partial charge in [-0.15, -0.1) is 5.26 Å². The van der Waals surface area contributed by atoms with Gasteiger partial charge in [0.15, 0.2) is 0 Å². The number of nitriles is 6. The Kier molecular flexibility index (Phi) is 4.63. The monoisotopic (exact) mass is 236 g/mol. The number of allylic oxidation sites excluding steroid dienone is 1. The van der Waals surface area contributed by atoms with Crippen LogP contribution < -0.4 is 0 Å². The topological polar surface area (TPSA) is 169 Å². The van der Waals surface area contributed by atoms with E-state index in [0.717, 1.165) is 6.26 Å². The first kappa shape index (κ1) is 14.1. The average molecular weight is 236 g/mol. The minimum Gasteiger partial charge on any atom is -0.347 e. The van der Waals surface area contributed by atoms with E-state index in [9.17, 15) is 4.79 Å². The molecule has 8 nitrogen and oxygen atoms in total. The fourth-order valence-corrected chi connectivity index (χ4v) is 0.915. The average Bonchev–Trinajstić information content (AvgIpc) is 2.40. The normalized spacial score (nSPS) is 7.89. The summed E-state index contributed by atoms with van der Waals surface area (Å²) in [6, 6.07) is 6.14. The molecule has 0 aliphatic heterocycles. The highest BCUT2D eigenvalue weighted by atomic mass is 16.5. The lowest BCUT2D eigenvalue weighted by Crippen LogP contribution is -2.25. The molecule has 0 atom stereocenters. The van der Waals surface area contributed by atoms with Crippen molar-refractivity contribution in [3.8, 4) is 36.6 Å². The van der Waals surface area contributed by atoms with Crippen LogP contribution in [0, 0.1) is 73.6 Å². The van der Waals surface area contributed by atoms with Crippen molar-refractivity contribution in [1.82, 2.24) is 0 Å². The summed E-state index contributed by atoms with van der Waals surface area (Å²) in [5.41, 5.74) is -4.70. The Labute approximate surface area is 101 Å². The van der Waals surface area contributed by atoms with E-state index >= 15 is 0 Å². The van der Waals surface area contributed by atoms with Crippen molar-refractivity contribution in [2.24, 2.45) is 5.41 Å². The first-order chi connectivity index (χ1) is 8.56. The zero-order chi connectivity index (χ0) is 14.2. The van der Waals surface area contributed by atoms with Gasteiger partial charge >= 0.3 is 5.97 Å². The van der Waals surface area contributed by atoms with Gasteiger partial charge in [0.25, 0.3) is 11.7 Å². The van der Waals surface area contributed by atoms with Crippen molar-refractivity contribution in [3.63, 3.8) is 0 Å². The number of nitrogens with zero attached hydrogens (tertiary/aromatic N) is 6. The molecule has 0 aliphatic carbocycles. The number of rotatable bonds is 2. The molecule has 82 valence electrons. The lowest BCUT2D eigenvalue weighted by molar-refractivity contribution is -0.133. The molecule has 0 N–H and O–H groups in total. The van der Waals surface area contributed by atoms with E-state index in [-0.39, 0.29) is 0 Å². The van der Waals surface area contributed by atoms with Gasteiger partial charge in [-0.05, 0) is 0 Å². The molecule has 0 saturated carbocycles. The van der Waals surface area contributed by atoms with Gasteiger partial charge in [-0.3, -0.25) is 0 Å². The Morgan fingerprint density at radius 3 is 1.61 bits per heavy atom. The molecule has 0 radical (unpaired) electrons.